The van der Waals surface area contributed by atoms with Crippen LogP contribution >= 0.6 is 0 Å². The maximum Gasteiger partial charge on any atom is 0.308 e. The van der Waals surface area contributed by atoms with Crippen molar-refractivity contribution < 1.29 is 19.4 Å². The lowest BCUT2D eigenvalue weighted by Crippen LogP contribution is -2.49. The predicted molar refractivity (Wildman–Crippen MR) is 78.6 cm³/mol. The second-order valence-electron chi connectivity index (χ2n) is 5.51. The molecule has 114 valence electrons. The Kier molecular flexibility index (Phi) is 4.50. The van der Waals surface area contributed by atoms with Gasteiger partial charge in [-0.2, -0.15) is 0 Å². The van der Waals surface area contributed by atoms with Crippen molar-refractivity contribution in [2.75, 3.05) is 13.7 Å². The zero-order valence-corrected chi connectivity index (χ0v) is 12.6. The fraction of sp³-hybridized carbons (Fsp3) is 0.500. The van der Waals surface area contributed by atoms with Crippen molar-refractivity contribution in [2.45, 2.75) is 32.7 Å². The van der Waals surface area contributed by atoms with Gasteiger partial charge in [0, 0.05) is 18.2 Å². The number of piperidine rings is 1. The van der Waals surface area contributed by atoms with Crippen molar-refractivity contribution in [2.24, 2.45) is 5.92 Å². The van der Waals surface area contributed by atoms with Gasteiger partial charge in [0.05, 0.1) is 13.0 Å². The lowest BCUT2D eigenvalue weighted by Gasteiger charge is -2.37. The molecule has 1 aliphatic rings. The van der Waals surface area contributed by atoms with Gasteiger partial charge in [-0.3, -0.25) is 9.59 Å². The number of aliphatic carboxylic acids is 1. The lowest BCUT2D eigenvalue weighted by molar-refractivity contribution is -0.144. The smallest absolute Gasteiger partial charge is 0.308 e. The van der Waals surface area contributed by atoms with Crippen LogP contribution in [0.4, 0.5) is 0 Å². The molecule has 1 amide bonds. The Morgan fingerprint density at radius 3 is 2.71 bits per heavy atom. The zero-order chi connectivity index (χ0) is 15.6. The first-order valence-corrected chi connectivity index (χ1v) is 7.14. The molecule has 0 radical (unpaired) electrons. The summed E-state index contributed by atoms with van der Waals surface area (Å²) in [7, 11) is 1.57. The number of amides is 1. The molecule has 2 atom stereocenters. The number of aryl methyl sites for hydroxylation is 1. The standard InChI is InChI=1S/C16H21NO4/c1-10-6-7-12(9-14(10)21-3)15(18)17-8-4-5-13(11(17)2)16(19)20/h6-7,9,11,13H,4-5,8H2,1-3H3,(H,19,20)/t11-,13-/m0/s1. The summed E-state index contributed by atoms with van der Waals surface area (Å²) >= 11 is 0. The molecular weight excluding hydrogens is 270 g/mol. The fourth-order valence-electron chi connectivity index (χ4n) is 2.88. The van der Waals surface area contributed by atoms with E-state index in [2.05, 4.69) is 0 Å². The Bertz CT molecular complexity index is 555. The summed E-state index contributed by atoms with van der Waals surface area (Å²) < 4.78 is 5.24. The van der Waals surface area contributed by atoms with Gasteiger partial charge in [0.25, 0.3) is 5.91 Å². The van der Waals surface area contributed by atoms with E-state index in [0.29, 0.717) is 24.3 Å². The molecule has 0 unspecified atom stereocenters. The van der Waals surface area contributed by atoms with Crippen LogP contribution in [0.1, 0.15) is 35.7 Å². The van der Waals surface area contributed by atoms with E-state index in [1.807, 2.05) is 13.0 Å². The van der Waals surface area contributed by atoms with Gasteiger partial charge in [0.1, 0.15) is 5.75 Å². The Balaban J connectivity index is 2.24. The number of hydrogen-bond donors (Lipinski definition) is 1. The molecule has 1 aliphatic heterocycles. The van der Waals surface area contributed by atoms with Gasteiger partial charge in [-0.15, -0.1) is 0 Å². The Labute approximate surface area is 124 Å². The van der Waals surface area contributed by atoms with Crippen LogP contribution in [-0.4, -0.2) is 41.6 Å². The van der Waals surface area contributed by atoms with Gasteiger partial charge in [-0.25, -0.2) is 0 Å². The third kappa shape index (κ3) is 3.01. The molecule has 0 bridgehead atoms. The molecule has 5 heteroatoms. The summed E-state index contributed by atoms with van der Waals surface area (Å²) in [4.78, 5) is 25.6. The second-order valence-corrected chi connectivity index (χ2v) is 5.51. The van der Waals surface area contributed by atoms with Gasteiger partial charge < -0.3 is 14.7 Å². The van der Waals surface area contributed by atoms with E-state index in [0.717, 1.165) is 12.0 Å². The maximum absolute atomic E-state index is 12.6. The summed E-state index contributed by atoms with van der Waals surface area (Å²) in [5.41, 5.74) is 1.50. The highest BCUT2D eigenvalue weighted by Crippen LogP contribution is 2.27. The summed E-state index contributed by atoms with van der Waals surface area (Å²) in [5.74, 6) is -0.788. The van der Waals surface area contributed by atoms with Crippen LogP contribution < -0.4 is 4.74 Å². The van der Waals surface area contributed by atoms with Crippen molar-refractivity contribution in [3.63, 3.8) is 0 Å². The van der Waals surface area contributed by atoms with Crippen LogP contribution in [0.15, 0.2) is 18.2 Å². The number of carboxylic acids is 1. The van der Waals surface area contributed by atoms with Gasteiger partial charge in [0.15, 0.2) is 0 Å². The minimum Gasteiger partial charge on any atom is -0.496 e. The van der Waals surface area contributed by atoms with Gasteiger partial charge >= 0.3 is 5.97 Å². The van der Waals surface area contributed by atoms with Crippen molar-refractivity contribution in [1.82, 2.24) is 4.90 Å². The first kappa shape index (κ1) is 15.4. The van der Waals surface area contributed by atoms with Crippen LogP contribution in [0.5, 0.6) is 5.75 Å². The van der Waals surface area contributed by atoms with Crippen LogP contribution in [0.25, 0.3) is 0 Å². The quantitative estimate of drug-likeness (QED) is 0.928. The second kappa shape index (κ2) is 6.16. The molecule has 0 spiro atoms. The van der Waals surface area contributed by atoms with Crippen molar-refractivity contribution >= 4 is 11.9 Å². The number of rotatable bonds is 3. The summed E-state index contributed by atoms with van der Waals surface area (Å²) in [5, 5.41) is 9.24. The summed E-state index contributed by atoms with van der Waals surface area (Å²) in [6.07, 6.45) is 1.34. The molecule has 21 heavy (non-hydrogen) atoms. The molecule has 1 N–H and O–H groups in total. The minimum absolute atomic E-state index is 0.133. The van der Waals surface area contributed by atoms with E-state index in [1.165, 1.54) is 0 Å². The van der Waals surface area contributed by atoms with Crippen LogP contribution in [0.2, 0.25) is 0 Å². The largest absolute Gasteiger partial charge is 0.496 e. The number of methoxy groups -OCH3 is 1. The Morgan fingerprint density at radius 1 is 1.38 bits per heavy atom. The number of carboxylic acid groups (broad SMARTS) is 1. The van der Waals surface area contributed by atoms with E-state index in [-0.39, 0.29) is 11.9 Å². The van der Waals surface area contributed by atoms with Crippen molar-refractivity contribution in [3.05, 3.63) is 29.3 Å². The summed E-state index contributed by atoms with van der Waals surface area (Å²) in [6, 6.07) is 5.03. The third-order valence-electron chi connectivity index (χ3n) is 4.22. The number of benzene rings is 1. The zero-order valence-electron chi connectivity index (χ0n) is 12.6. The molecule has 5 nitrogen and oxygen atoms in total. The number of carbonyl (C=O) groups excluding carboxylic acids is 1. The van der Waals surface area contributed by atoms with E-state index >= 15 is 0 Å². The van der Waals surface area contributed by atoms with E-state index in [9.17, 15) is 14.7 Å². The molecule has 0 saturated carbocycles. The normalized spacial score (nSPS) is 22.0. The first-order valence-electron chi connectivity index (χ1n) is 7.14. The van der Waals surface area contributed by atoms with Crippen molar-refractivity contribution in [1.29, 1.82) is 0 Å². The number of nitrogens with zero attached hydrogens (tertiary/aromatic N) is 1. The van der Waals surface area contributed by atoms with Crippen LogP contribution in [0, 0.1) is 12.8 Å². The van der Waals surface area contributed by atoms with Gasteiger partial charge in [-0.1, -0.05) is 6.07 Å². The average Bonchev–Trinajstić information content (AvgIpc) is 2.47. The fourth-order valence-corrected chi connectivity index (χ4v) is 2.88. The maximum atomic E-state index is 12.6. The molecule has 1 aromatic carbocycles. The van der Waals surface area contributed by atoms with Crippen LogP contribution in [0.3, 0.4) is 0 Å². The number of hydrogen-bond acceptors (Lipinski definition) is 3. The third-order valence-corrected chi connectivity index (χ3v) is 4.22. The minimum atomic E-state index is -0.832. The predicted octanol–water partition coefficient (Wildman–Crippen LogP) is 2.33. The molecule has 1 saturated heterocycles. The summed E-state index contributed by atoms with van der Waals surface area (Å²) in [6.45, 7) is 4.32. The molecule has 0 aromatic heterocycles. The number of ether oxygens (including phenoxy) is 1. The Hall–Kier alpha value is -2.04. The topological polar surface area (TPSA) is 66.8 Å². The molecule has 2 rings (SSSR count). The first-order chi connectivity index (χ1) is 9.95. The average molecular weight is 291 g/mol. The molecule has 1 aromatic rings. The molecular formula is C16H21NO4. The number of likely N-dealkylation sites (tertiary alicyclic amines) is 1. The van der Waals surface area contributed by atoms with E-state index in [1.54, 1.807) is 31.1 Å². The van der Waals surface area contributed by atoms with Crippen molar-refractivity contribution in [3.8, 4) is 5.75 Å². The molecule has 1 heterocycles. The molecule has 0 aliphatic carbocycles. The lowest BCUT2D eigenvalue weighted by atomic mass is 9.90. The Morgan fingerprint density at radius 2 is 2.10 bits per heavy atom. The highest BCUT2D eigenvalue weighted by atomic mass is 16.5. The van der Waals surface area contributed by atoms with Crippen LogP contribution in [-0.2, 0) is 4.79 Å². The van der Waals surface area contributed by atoms with Gasteiger partial charge in [0.2, 0.25) is 0 Å². The van der Waals surface area contributed by atoms with E-state index in [4.69, 9.17) is 4.74 Å². The van der Waals surface area contributed by atoms with Gasteiger partial charge in [-0.05, 0) is 44.4 Å². The molecule has 1 fully saturated rings. The highest BCUT2D eigenvalue weighted by molar-refractivity contribution is 5.95. The SMILES string of the molecule is COc1cc(C(=O)N2CCC[C@H](C(=O)O)[C@@H]2C)ccc1C. The number of carbonyl (C=O) groups is 2. The highest BCUT2D eigenvalue weighted by Gasteiger charge is 2.35. The van der Waals surface area contributed by atoms with E-state index < -0.39 is 11.9 Å². The monoisotopic (exact) mass is 291 g/mol.